The van der Waals surface area contributed by atoms with Gasteiger partial charge in [0.25, 0.3) is 0 Å². The van der Waals surface area contributed by atoms with Crippen molar-refractivity contribution in [2.24, 2.45) is 0 Å². The van der Waals surface area contributed by atoms with E-state index in [1.54, 1.807) is 5.56 Å². The molecule has 5 rings (SSSR count). The minimum Gasteiger partial charge on any atom is -0.292 e. The van der Waals surface area contributed by atoms with Crippen LogP contribution < -0.4 is 0 Å². The molecule has 0 aromatic heterocycles. The summed E-state index contributed by atoms with van der Waals surface area (Å²) in [6, 6.07) is 23.0. The van der Waals surface area contributed by atoms with Crippen molar-refractivity contribution < 1.29 is 0 Å². The van der Waals surface area contributed by atoms with Crippen LogP contribution in [0.25, 0.3) is 21.9 Å². The highest BCUT2D eigenvalue weighted by atomic mass is 15.2. The maximum atomic E-state index is 2.66. The highest BCUT2D eigenvalue weighted by Gasteiger charge is 2.34. The van der Waals surface area contributed by atoms with Crippen LogP contribution in [0.15, 0.2) is 60.7 Å². The number of fused-ring (bicyclic) bond motifs is 2. The first kappa shape index (κ1) is 12.4. The summed E-state index contributed by atoms with van der Waals surface area (Å²) < 4.78 is 0. The second-order valence-electron chi connectivity index (χ2n) is 6.61. The van der Waals surface area contributed by atoms with Crippen molar-refractivity contribution in [2.45, 2.75) is 32.0 Å². The van der Waals surface area contributed by atoms with Gasteiger partial charge in [-0.05, 0) is 51.9 Å². The van der Waals surface area contributed by atoms with E-state index < -0.39 is 0 Å². The Morgan fingerprint density at radius 2 is 1.59 bits per heavy atom. The minimum atomic E-state index is 0.833. The smallest absolute Gasteiger partial charge is 0.0249 e. The van der Waals surface area contributed by atoms with Crippen LogP contribution in [0.4, 0.5) is 0 Å². The van der Waals surface area contributed by atoms with Crippen LogP contribution in [0.5, 0.6) is 0 Å². The molecule has 3 aromatic carbocycles. The van der Waals surface area contributed by atoms with Gasteiger partial charge < -0.3 is 0 Å². The number of hydrogen-bond donors (Lipinski definition) is 0. The Bertz CT molecular complexity index is 846. The molecule has 1 fully saturated rings. The molecular weight excluding hydrogens is 266 g/mol. The summed E-state index contributed by atoms with van der Waals surface area (Å²) in [5.74, 6) is 0. The zero-order valence-electron chi connectivity index (χ0n) is 12.6. The molecule has 0 amide bonds. The molecule has 0 unspecified atom stereocenters. The molecule has 0 spiro atoms. The van der Waals surface area contributed by atoms with Crippen molar-refractivity contribution in [1.82, 2.24) is 4.90 Å². The minimum absolute atomic E-state index is 0.833. The van der Waals surface area contributed by atoms with Crippen LogP contribution >= 0.6 is 0 Å². The number of hydrogen-bond acceptors (Lipinski definition) is 1. The Balaban J connectivity index is 1.78. The number of rotatable bonds is 2. The van der Waals surface area contributed by atoms with Gasteiger partial charge >= 0.3 is 0 Å². The summed E-state index contributed by atoms with van der Waals surface area (Å²) in [6.07, 6.45) is 2.77. The zero-order valence-corrected chi connectivity index (χ0v) is 12.6. The summed E-state index contributed by atoms with van der Waals surface area (Å²) in [5.41, 5.74) is 5.89. The summed E-state index contributed by atoms with van der Waals surface area (Å²) in [6.45, 7) is 2.25. The molecule has 0 radical (unpaired) electrons. The van der Waals surface area contributed by atoms with E-state index in [4.69, 9.17) is 0 Å². The summed E-state index contributed by atoms with van der Waals surface area (Å²) in [7, 11) is 0. The van der Waals surface area contributed by atoms with E-state index in [2.05, 4.69) is 65.6 Å². The first-order chi connectivity index (χ1) is 10.9. The van der Waals surface area contributed by atoms with E-state index in [0.717, 1.165) is 19.1 Å². The van der Waals surface area contributed by atoms with Crippen LogP contribution in [0.2, 0.25) is 0 Å². The van der Waals surface area contributed by atoms with Crippen molar-refractivity contribution in [3.8, 4) is 11.1 Å². The standard InChI is InChI=1S/C21H19N/c1-2-6-15(7-3-1)21-19-9-5-4-8-16(19)12-17-13-22(14-20(17)21)18-10-11-18/h1-9,12,18H,10-11,13-14H2. The van der Waals surface area contributed by atoms with E-state index in [-0.39, 0.29) is 0 Å². The van der Waals surface area contributed by atoms with Gasteiger partial charge in [-0.1, -0.05) is 54.6 Å². The molecule has 3 aromatic rings. The second kappa shape index (κ2) is 4.69. The van der Waals surface area contributed by atoms with Crippen LogP contribution in [-0.2, 0) is 13.1 Å². The van der Waals surface area contributed by atoms with Gasteiger partial charge in [0.05, 0.1) is 0 Å². The van der Waals surface area contributed by atoms with Gasteiger partial charge in [-0.3, -0.25) is 4.90 Å². The van der Waals surface area contributed by atoms with Gasteiger partial charge in [0.15, 0.2) is 0 Å². The lowest BCUT2D eigenvalue weighted by Crippen LogP contribution is -2.18. The first-order valence-electron chi connectivity index (χ1n) is 8.23. The van der Waals surface area contributed by atoms with E-state index in [0.29, 0.717) is 0 Å². The van der Waals surface area contributed by atoms with Crippen molar-refractivity contribution >= 4 is 10.8 Å². The molecular formula is C21H19N. The van der Waals surface area contributed by atoms with Crippen molar-refractivity contribution in [3.63, 3.8) is 0 Å². The molecule has 1 heterocycles. The maximum absolute atomic E-state index is 2.66. The fourth-order valence-corrected chi connectivity index (χ4v) is 3.88. The molecule has 1 heteroatoms. The second-order valence-corrected chi connectivity index (χ2v) is 6.61. The van der Waals surface area contributed by atoms with Gasteiger partial charge in [0.1, 0.15) is 0 Å². The Labute approximate surface area is 131 Å². The van der Waals surface area contributed by atoms with Crippen molar-refractivity contribution in [3.05, 3.63) is 71.8 Å². The van der Waals surface area contributed by atoms with Crippen molar-refractivity contribution in [1.29, 1.82) is 0 Å². The summed E-state index contributed by atoms with van der Waals surface area (Å²) in [5, 5.41) is 2.77. The quantitative estimate of drug-likeness (QED) is 0.641. The molecule has 22 heavy (non-hydrogen) atoms. The highest BCUT2D eigenvalue weighted by Crippen LogP contribution is 2.42. The molecule has 1 saturated carbocycles. The Kier molecular flexibility index (Phi) is 2.65. The molecule has 0 bridgehead atoms. The fraction of sp³-hybridized carbons (Fsp3) is 0.238. The van der Waals surface area contributed by atoms with Crippen LogP contribution in [-0.4, -0.2) is 10.9 Å². The van der Waals surface area contributed by atoms with Gasteiger partial charge in [0.2, 0.25) is 0 Å². The highest BCUT2D eigenvalue weighted by molar-refractivity contribution is 5.99. The molecule has 0 N–H and O–H groups in total. The molecule has 0 atom stereocenters. The monoisotopic (exact) mass is 285 g/mol. The lowest BCUT2D eigenvalue weighted by Gasteiger charge is -2.14. The molecule has 0 saturated heterocycles. The van der Waals surface area contributed by atoms with E-state index >= 15 is 0 Å². The third kappa shape index (κ3) is 1.89. The van der Waals surface area contributed by atoms with E-state index in [1.807, 2.05) is 0 Å². The van der Waals surface area contributed by atoms with E-state index in [1.165, 1.54) is 40.3 Å². The van der Waals surface area contributed by atoms with Gasteiger partial charge in [-0.2, -0.15) is 0 Å². The van der Waals surface area contributed by atoms with Gasteiger partial charge in [-0.25, -0.2) is 0 Å². The fourth-order valence-electron chi connectivity index (χ4n) is 3.88. The average molecular weight is 285 g/mol. The van der Waals surface area contributed by atoms with Gasteiger partial charge in [0, 0.05) is 19.1 Å². The molecule has 1 nitrogen and oxygen atoms in total. The number of nitrogens with zero attached hydrogens (tertiary/aromatic N) is 1. The third-order valence-electron chi connectivity index (χ3n) is 5.11. The third-order valence-corrected chi connectivity index (χ3v) is 5.11. The largest absolute Gasteiger partial charge is 0.292 e. The Hall–Kier alpha value is -2.12. The molecule has 108 valence electrons. The maximum Gasteiger partial charge on any atom is 0.0249 e. The predicted octanol–water partition coefficient (Wildman–Crippen LogP) is 4.98. The topological polar surface area (TPSA) is 3.24 Å². The summed E-state index contributed by atoms with van der Waals surface area (Å²) in [4.78, 5) is 2.66. The van der Waals surface area contributed by atoms with Gasteiger partial charge in [-0.15, -0.1) is 0 Å². The SMILES string of the molecule is c1ccc(-c2c3c(cc4ccccc24)CN(C2CC2)C3)cc1. The molecule has 2 aliphatic rings. The molecule has 1 aliphatic carbocycles. The molecule has 1 aliphatic heterocycles. The zero-order chi connectivity index (χ0) is 14.5. The van der Waals surface area contributed by atoms with Crippen LogP contribution in [0, 0.1) is 0 Å². The Morgan fingerprint density at radius 3 is 2.41 bits per heavy atom. The lowest BCUT2D eigenvalue weighted by molar-refractivity contribution is 0.273. The number of benzene rings is 3. The summed E-state index contributed by atoms with van der Waals surface area (Å²) >= 11 is 0. The lowest BCUT2D eigenvalue weighted by atomic mass is 9.91. The first-order valence-corrected chi connectivity index (χ1v) is 8.23. The van der Waals surface area contributed by atoms with E-state index in [9.17, 15) is 0 Å². The normalized spacial score (nSPS) is 17.8. The van der Waals surface area contributed by atoms with Crippen LogP contribution in [0.1, 0.15) is 24.0 Å². The Morgan fingerprint density at radius 1 is 0.818 bits per heavy atom. The predicted molar refractivity (Wildman–Crippen MR) is 91.7 cm³/mol. The van der Waals surface area contributed by atoms with Crippen LogP contribution in [0.3, 0.4) is 0 Å². The van der Waals surface area contributed by atoms with Crippen molar-refractivity contribution in [2.75, 3.05) is 0 Å². The average Bonchev–Trinajstić information content (AvgIpc) is 3.33.